The van der Waals surface area contributed by atoms with Crippen LogP contribution in [0.1, 0.15) is 25.0 Å². The zero-order valence-electron chi connectivity index (χ0n) is 15.3. The lowest BCUT2D eigenvalue weighted by atomic mass is 10.1. The predicted molar refractivity (Wildman–Crippen MR) is 98.8 cm³/mol. The number of carbonyl (C=O) groups excluding carboxylic acids is 1. The highest BCUT2D eigenvalue weighted by atomic mass is 35.5. The number of alkyl halides is 3. The number of hydrogen-bond donors (Lipinski definition) is 2. The molecule has 0 unspecified atom stereocenters. The van der Waals surface area contributed by atoms with E-state index < -0.39 is 17.8 Å². The van der Waals surface area contributed by atoms with Gasteiger partial charge in [-0.05, 0) is 68.8 Å². The van der Waals surface area contributed by atoms with Crippen LogP contribution < -0.4 is 27.9 Å². The molecule has 0 bridgehead atoms. The minimum absolute atomic E-state index is 0. The molecule has 0 aliphatic carbocycles. The Kier molecular flexibility index (Phi) is 7.97. The number of nitrogens with one attached hydrogen (secondary N) is 2. The number of anilines is 3. The van der Waals surface area contributed by atoms with E-state index in [1.807, 2.05) is 25.1 Å². The SMILES string of the molecule is CCN(CC)c1ccc(NC(=O)Nc2ccc(C(F)(F)F)cc2)c(C)c1.[Cl-]. The number of rotatable bonds is 5. The number of benzene rings is 2. The molecule has 0 radical (unpaired) electrons. The van der Waals surface area contributed by atoms with Crippen molar-refractivity contribution in [1.29, 1.82) is 0 Å². The van der Waals surface area contributed by atoms with E-state index in [4.69, 9.17) is 0 Å². The van der Waals surface area contributed by atoms with E-state index in [1.54, 1.807) is 0 Å². The first-order valence-corrected chi connectivity index (χ1v) is 8.35. The molecule has 0 saturated heterocycles. The maximum absolute atomic E-state index is 12.6. The lowest BCUT2D eigenvalue weighted by molar-refractivity contribution is -0.137. The Bertz CT molecular complexity index is 760. The first-order chi connectivity index (χ1) is 12.2. The van der Waals surface area contributed by atoms with Crippen molar-refractivity contribution in [2.75, 3.05) is 28.6 Å². The van der Waals surface area contributed by atoms with E-state index in [2.05, 4.69) is 29.4 Å². The van der Waals surface area contributed by atoms with Gasteiger partial charge in [0.2, 0.25) is 0 Å². The Balaban J connectivity index is 0.00000364. The van der Waals surface area contributed by atoms with Crippen molar-refractivity contribution in [1.82, 2.24) is 0 Å². The first-order valence-electron chi connectivity index (χ1n) is 8.35. The molecular formula is C19H22ClF3N3O-. The highest BCUT2D eigenvalue weighted by Gasteiger charge is 2.29. The van der Waals surface area contributed by atoms with Crippen LogP contribution in [0.4, 0.5) is 35.0 Å². The van der Waals surface area contributed by atoms with Crippen molar-refractivity contribution in [2.45, 2.75) is 26.9 Å². The Morgan fingerprint density at radius 2 is 1.59 bits per heavy atom. The molecule has 27 heavy (non-hydrogen) atoms. The zero-order chi connectivity index (χ0) is 19.3. The van der Waals surface area contributed by atoms with Crippen molar-refractivity contribution in [3.63, 3.8) is 0 Å². The van der Waals surface area contributed by atoms with Gasteiger partial charge in [-0.25, -0.2) is 4.79 Å². The maximum Gasteiger partial charge on any atom is 0.416 e. The molecule has 2 rings (SSSR count). The molecule has 4 nitrogen and oxygen atoms in total. The van der Waals surface area contributed by atoms with Gasteiger partial charge in [0.15, 0.2) is 0 Å². The summed E-state index contributed by atoms with van der Waals surface area (Å²) < 4.78 is 37.7. The highest BCUT2D eigenvalue weighted by molar-refractivity contribution is 6.00. The lowest BCUT2D eigenvalue weighted by Gasteiger charge is -2.22. The third-order valence-corrected chi connectivity index (χ3v) is 4.06. The number of aryl methyl sites for hydroxylation is 1. The molecule has 0 aromatic heterocycles. The molecule has 0 heterocycles. The summed E-state index contributed by atoms with van der Waals surface area (Å²) in [6, 6.07) is 9.52. The van der Waals surface area contributed by atoms with Gasteiger partial charge >= 0.3 is 12.2 Å². The van der Waals surface area contributed by atoms with Crippen molar-refractivity contribution < 1.29 is 30.4 Å². The van der Waals surface area contributed by atoms with Crippen LogP contribution in [0.25, 0.3) is 0 Å². The van der Waals surface area contributed by atoms with E-state index in [1.165, 1.54) is 12.1 Å². The van der Waals surface area contributed by atoms with E-state index >= 15 is 0 Å². The number of carbonyl (C=O) groups is 1. The van der Waals surface area contributed by atoms with E-state index in [0.717, 1.165) is 36.5 Å². The molecule has 0 fully saturated rings. The first kappa shape index (κ1) is 22.6. The Hall–Kier alpha value is -2.41. The van der Waals surface area contributed by atoms with Gasteiger partial charge in [-0.15, -0.1) is 0 Å². The summed E-state index contributed by atoms with van der Waals surface area (Å²) >= 11 is 0. The van der Waals surface area contributed by atoms with Crippen molar-refractivity contribution in [3.05, 3.63) is 53.6 Å². The fourth-order valence-corrected chi connectivity index (χ4v) is 2.60. The van der Waals surface area contributed by atoms with Gasteiger partial charge in [0, 0.05) is 30.2 Å². The second kappa shape index (κ2) is 9.50. The molecule has 2 aromatic carbocycles. The molecule has 2 amide bonds. The third kappa shape index (κ3) is 6.06. The Morgan fingerprint density at radius 1 is 1.00 bits per heavy atom. The second-order valence-electron chi connectivity index (χ2n) is 5.83. The molecule has 148 valence electrons. The standard InChI is InChI=1S/C19H22F3N3O.ClH/c1-4-25(5-2)16-10-11-17(13(3)12-16)24-18(26)23-15-8-6-14(7-9-15)19(20,21)22;/h6-12H,4-5H2,1-3H3,(H2,23,24,26);1H/p-1. The summed E-state index contributed by atoms with van der Waals surface area (Å²) in [5, 5.41) is 5.24. The fraction of sp³-hybridized carbons (Fsp3) is 0.316. The van der Waals surface area contributed by atoms with Crippen LogP contribution in [0.15, 0.2) is 42.5 Å². The van der Waals surface area contributed by atoms with Crippen LogP contribution in [0.5, 0.6) is 0 Å². The smallest absolute Gasteiger partial charge is 0.416 e. The monoisotopic (exact) mass is 400 g/mol. The maximum atomic E-state index is 12.6. The molecular weight excluding hydrogens is 379 g/mol. The van der Waals surface area contributed by atoms with Crippen molar-refractivity contribution in [3.8, 4) is 0 Å². The van der Waals surface area contributed by atoms with Gasteiger partial charge in [0.05, 0.1) is 5.56 Å². The fourth-order valence-electron chi connectivity index (χ4n) is 2.60. The molecule has 2 N–H and O–H groups in total. The van der Waals surface area contributed by atoms with Crippen molar-refractivity contribution >= 4 is 23.1 Å². The molecule has 0 atom stereocenters. The summed E-state index contributed by atoms with van der Waals surface area (Å²) in [5.41, 5.74) is 2.14. The van der Waals surface area contributed by atoms with Crippen LogP contribution in [0.3, 0.4) is 0 Å². The van der Waals surface area contributed by atoms with E-state index in [9.17, 15) is 18.0 Å². The summed E-state index contributed by atoms with van der Waals surface area (Å²) in [5.74, 6) is 0. The van der Waals surface area contributed by atoms with Gasteiger partial charge < -0.3 is 27.9 Å². The number of halogens is 4. The highest BCUT2D eigenvalue weighted by Crippen LogP contribution is 2.30. The lowest BCUT2D eigenvalue weighted by Crippen LogP contribution is -3.00. The van der Waals surface area contributed by atoms with E-state index in [0.29, 0.717) is 5.69 Å². The molecule has 0 aliphatic rings. The van der Waals surface area contributed by atoms with Gasteiger partial charge in [-0.3, -0.25) is 0 Å². The van der Waals surface area contributed by atoms with Crippen LogP contribution >= 0.6 is 0 Å². The number of nitrogens with zero attached hydrogens (tertiary/aromatic N) is 1. The van der Waals surface area contributed by atoms with Crippen LogP contribution in [0.2, 0.25) is 0 Å². The minimum atomic E-state index is -4.40. The predicted octanol–water partition coefficient (Wildman–Crippen LogP) is 2.51. The summed E-state index contributed by atoms with van der Waals surface area (Å²) in [6.07, 6.45) is -4.40. The van der Waals surface area contributed by atoms with Crippen molar-refractivity contribution in [2.24, 2.45) is 0 Å². The quantitative estimate of drug-likeness (QED) is 0.810. The Labute approximate surface area is 163 Å². The zero-order valence-corrected chi connectivity index (χ0v) is 16.1. The Morgan fingerprint density at radius 3 is 2.07 bits per heavy atom. The second-order valence-corrected chi connectivity index (χ2v) is 5.83. The average Bonchev–Trinajstić information content (AvgIpc) is 2.58. The number of hydrogen-bond acceptors (Lipinski definition) is 2. The minimum Gasteiger partial charge on any atom is -1.00 e. The van der Waals surface area contributed by atoms with E-state index in [-0.39, 0.29) is 18.1 Å². The molecule has 0 saturated carbocycles. The third-order valence-electron chi connectivity index (χ3n) is 4.06. The van der Waals surface area contributed by atoms with Crippen LogP contribution in [-0.4, -0.2) is 19.1 Å². The molecule has 2 aromatic rings. The molecule has 8 heteroatoms. The van der Waals surface area contributed by atoms with Gasteiger partial charge in [0.1, 0.15) is 0 Å². The summed E-state index contributed by atoms with van der Waals surface area (Å²) in [7, 11) is 0. The summed E-state index contributed by atoms with van der Waals surface area (Å²) in [4.78, 5) is 14.3. The van der Waals surface area contributed by atoms with Gasteiger partial charge in [-0.1, -0.05) is 0 Å². The molecule has 0 aliphatic heterocycles. The van der Waals surface area contributed by atoms with Gasteiger partial charge in [-0.2, -0.15) is 13.2 Å². The van der Waals surface area contributed by atoms with Crippen LogP contribution in [-0.2, 0) is 6.18 Å². The number of urea groups is 1. The normalized spacial score (nSPS) is 10.7. The topological polar surface area (TPSA) is 44.4 Å². The summed E-state index contributed by atoms with van der Waals surface area (Å²) in [6.45, 7) is 7.81. The number of amides is 2. The average molecular weight is 401 g/mol. The largest absolute Gasteiger partial charge is 1.00 e. The molecule has 0 spiro atoms. The van der Waals surface area contributed by atoms with Gasteiger partial charge in [0.25, 0.3) is 0 Å². The van der Waals surface area contributed by atoms with Crippen LogP contribution in [0, 0.1) is 6.92 Å².